The Balaban J connectivity index is 2.47. The Bertz CT molecular complexity index is 401. The van der Waals surface area contributed by atoms with E-state index < -0.39 is 12.0 Å². The van der Waals surface area contributed by atoms with Gasteiger partial charge in [-0.15, -0.1) is 0 Å². The molecular formula is C12H16N2O3. The summed E-state index contributed by atoms with van der Waals surface area (Å²) in [6.07, 6.45) is -0.0709. The molecule has 1 atom stereocenters. The van der Waals surface area contributed by atoms with Gasteiger partial charge in [-0.1, -0.05) is 0 Å². The molecule has 5 nitrogen and oxygen atoms in total. The Kier molecular flexibility index (Phi) is 4.66. The first-order valence-electron chi connectivity index (χ1n) is 5.31. The van der Waals surface area contributed by atoms with E-state index in [1.807, 2.05) is 0 Å². The topological polar surface area (TPSA) is 92.4 Å². The normalized spacial score (nSPS) is 11.9. The van der Waals surface area contributed by atoms with Crippen molar-refractivity contribution >= 4 is 17.4 Å². The Morgan fingerprint density at radius 2 is 1.94 bits per heavy atom. The molecular weight excluding hydrogens is 220 g/mol. The number of anilines is 1. The van der Waals surface area contributed by atoms with Crippen LogP contribution in [0, 0.1) is 0 Å². The number of benzene rings is 1. The fraction of sp³-hybridized carbons (Fsp3) is 0.333. The van der Waals surface area contributed by atoms with Crippen molar-refractivity contribution < 1.29 is 14.7 Å². The highest BCUT2D eigenvalue weighted by atomic mass is 16.4. The number of carbonyl (C=O) groups is 2. The Labute approximate surface area is 99.6 Å². The molecule has 92 valence electrons. The standard InChI is InChI=1S/C12H16N2O3/c1-8(15)9-2-4-11(5-3-9)14-7-10(13)6-12(16)17/h2-5,10,14H,6-7,13H2,1H3,(H,16,17). The van der Waals surface area contributed by atoms with E-state index in [1.165, 1.54) is 6.92 Å². The van der Waals surface area contributed by atoms with Gasteiger partial charge >= 0.3 is 5.97 Å². The smallest absolute Gasteiger partial charge is 0.304 e. The van der Waals surface area contributed by atoms with Crippen LogP contribution in [-0.2, 0) is 4.79 Å². The molecule has 0 aliphatic rings. The maximum absolute atomic E-state index is 11.0. The molecule has 0 aromatic heterocycles. The zero-order valence-corrected chi connectivity index (χ0v) is 9.64. The monoisotopic (exact) mass is 236 g/mol. The first-order chi connectivity index (χ1) is 7.99. The highest BCUT2D eigenvalue weighted by Gasteiger charge is 2.07. The van der Waals surface area contributed by atoms with Gasteiger partial charge in [0.15, 0.2) is 5.78 Å². The molecule has 1 unspecified atom stereocenters. The number of aliphatic carboxylic acids is 1. The van der Waals surface area contributed by atoms with Crippen LogP contribution in [-0.4, -0.2) is 29.4 Å². The number of ketones is 1. The van der Waals surface area contributed by atoms with Crippen molar-refractivity contribution in [3.8, 4) is 0 Å². The quantitative estimate of drug-likeness (QED) is 0.643. The first-order valence-corrected chi connectivity index (χ1v) is 5.31. The number of hydrogen-bond acceptors (Lipinski definition) is 4. The summed E-state index contributed by atoms with van der Waals surface area (Å²) in [5.74, 6) is -0.898. The molecule has 5 heteroatoms. The third-order valence-corrected chi connectivity index (χ3v) is 2.30. The Morgan fingerprint density at radius 1 is 1.35 bits per heavy atom. The summed E-state index contributed by atoms with van der Waals surface area (Å²) < 4.78 is 0. The minimum Gasteiger partial charge on any atom is -0.481 e. The molecule has 17 heavy (non-hydrogen) atoms. The lowest BCUT2D eigenvalue weighted by Gasteiger charge is -2.11. The highest BCUT2D eigenvalue weighted by Crippen LogP contribution is 2.09. The first kappa shape index (κ1) is 13.2. The van der Waals surface area contributed by atoms with Gasteiger partial charge in [0, 0.05) is 23.8 Å². The summed E-state index contributed by atoms with van der Waals surface area (Å²) in [6, 6.07) is 6.54. The second-order valence-electron chi connectivity index (χ2n) is 3.87. The van der Waals surface area contributed by atoms with E-state index in [0.717, 1.165) is 5.69 Å². The van der Waals surface area contributed by atoms with Crippen LogP contribution < -0.4 is 11.1 Å². The average Bonchev–Trinajstić information content (AvgIpc) is 2.26. The number of nitrogens with one attached hydrogen (secondary N) is 1. The van der Waals surface area contributed by atoms with Crippen LogP contribution in [0.25, 0.3) is 0 Å². The van der Waals surface area contributed by atoms with Gasteiger partial charge in [-0.2, -0.15) is 0 Å². The minimum atomic E-state index is -0.911. The predicted octanol–water partition coefficient (Wildman–Crippen LogP) is 1.10. The van der Waals surface area contributed by atoms with Gasteiger partial charge in [-0.3, -0.25) is 9.59 Å². The van der Waals surface area contributed by atoms with Crippen LogP contribution >= 0.6 is 0 Å². The van der Waals surface area contributed by atoms with Crippen LogP contribution in [0.15, 0.2) is 24.3 Å². The molecule has 1 rings (SSSR count). The average molecular weight is 236 g/mol. The molecule has 0 aliphatic heterocycles. The third kappa shape index (κ3) is 4.65. The summed E-state index contributed by atoms with van der Waals surface area (Å²) in [7, 11) is 0. The van der Waals surface area contributed by atoms with Gasteiger partial charge in [0.2, 0.25) is 0 Å². The van der Waals surface area contributed by atoms with Crippen molar-refractivity contribution in [3.05, 3.63) is 29.8 Å². The zero-order chi connectivity index (χ0) is 12.8. The van der Waals surface area contributed by atoms with Crippen LogP contribution in [0.1, 0.15) is 23.7 Å². The van der Waals surface area contributed by atoms with Gasteiger partial charge in [-0.05, 0) is 31.2 Å². The van der Waals surface area contributed by atoms with E-state index in [2.05, 4.69) is 5.32 Å². The minimum absolute atomic E-state index is 0.0131. The molecule has 0 saturated heterocycles. The summed E-state index contributed by atoms with van der Waals surface area (Å²) in [5.41, 5.74) is 7.06. The summed E-state index contributed by atoms with van der Waals surface area (Å²) in [5, 5.41) is 11.5. The van der Waals surface area contributed by atoms with Crippen molar-refractivity contribution in [2.24, 2.45) is 5.73 Å². The second-order valence-corrected chi connectivity index (χ2v) is 3.87. The number of carboxylic acids is 1. The van der Waals surface area contributed by atoms with Crippen molar-refractivity contribution in [3.63, 3.8) is 0 Å². The Morgan fingerprint density at radius 3 is 2.41 bits per heavy atom. The van der Waals surface area contributed by atoms with E-state index in [9.17, 15) is 9.59 Å². The van der Waals surface area contributed by atoms with Gasteiger partial charge in [-0.25, -0.2) is 0 Å². The van der Waals surface area contributed by atoms with E-state index in [4.69, 9.17) is 10.8 Å². The lowest BCUT2D eigenvalue weighted by atomic mass is 10.1. The fourth-order valence-electron chi connectivity index (χ4n) is 1.37. The SMILES string of the molecule is CC(=O)c1ccc(NCC(N)CC(=O)O)cc1. The highest BCUT2D eigenvalue weighted by molar-refractivity contribution is 5.94. The predicted molar refractivity (Wildman–Crippen MR) is 65.2 cm³/mol. The number of carbonyl (C=O) groups excluding carboxylic acids is 1. The van der Waals surface area contributed by atoms with Crippen molar-refractivity contribution in [1.29, 1.82) is 0 Å². The van der Waals surface area contributed by atoms with E-state index in [1.54, 1.807) is 24.3 Å². The van der Waals surface area contributed by atoms with Crippen LogP contribution in [0.4, 0.5) is 5.69 Å². The van der Waals surface area contributed by atoms with Crippen LogP contribution in [0.5, 0.6) is 0 Å². The van der Waals surface area contributed by atoms with Crippen LogP contribution in [0.2, 0.25) is 0 Å². The van der Waals surface area contributed by atoms with Crippen LogP contribution in [0.3, 0.4) is 0 Å². The van der Waals surface area contributed by atoms with E-state index in [0.29, 0.717) is 12.1 Å². The molecule has 0 spiro atoms. The van der Waals surface area contributed by atoms with Crippen molar-refractivity contribution in [2.45, 2.75) is 19.4 Å². The number of nitrogens with two attached hydrogens (primary N) is 1. The lowest BCUT2D eigenvalue weighted by molar-refractivity contribution is -0.137. The number of carboxylic acid groups (broad SMARTS) is 1. The summed E-state index contributed by atoms with van der Waals surface area (Å²) >= 11 is 0. The number of rotatable bonds is 6. The molecule has 0 heterocycles. The number of Topliss-reactive ketones (excluding diaryl/α,β-unsaturated/α-hetero) is 1. The molecule has 0 bridgehead atoms. The Hall–Kier alpha value is -1.88. The van der Waals surface area contributed by atoms with Gasteiger partial charge in [0.25, 0.3) is 0 Å². The lowest BCUT2D eigenvalue weighted by Crippen LogP contribution is -2.31. The van der Waals surface area contributed by atoms with Gasteiger partial charge in [0.05, 0.1) is 6.42 Å². The molecule has 0 fully saturated rings. The van der Waals surface area contributed by atoms with Gasteiger partial charge in [0.1, 0.15) is 0 Å². The molecule has 1 aromatic rings. The molecule has 4 N–H and O–H groups in total. The molecule has 0 radical (unpaired) electrons. The third-order valence-electron chi connectivity index (χ3n) is 2.30. The molecule has 1 aromatic carbocycles. The van der Waals surface area contributed by atoms with Crippen molar-refractivity contribution in [2.75, 3.05) is 11.9 Å². The largest absolute Gasteiger partial charge is 0.481 e. The molecule has 0 amide bonds. The maximum Gasteiger partial charge on any atom is 0.304 e. The summed E-state index contributed by atoms with van der Waals surface area (Å²) in [6.45, 7) is 1.89. The van der Waals surface area contributed by atoms with Gasteiger partial charge < -0.3 is 16.2 Å². The second kappa shape index (κ2) is 6.00. The van der Waals surface area contributed by atoms with E-state index >= 15 is 0 Å². The number of hydrogen-bond donors (Lipinski definition) is 3. The van der Waals surface area contributed by atoms with E-state index in [-0.39, 0.29) is 12.2 Å². The fourth-order valence-corrected chi connectivity index (χ4v) is 1.37. The molecule has 0 aliphatic carbocycles. The zero-order valence-electron chi connectivity index (χ0n) is 9.64. The summed E-state index contributed by atoms with van der Waals surface area (Å²) in [4.78, 5) is 21.4. The molecule has 0 saturated carbocycles. The maximum atomic E-state index is 11.0. The van der Waals surface area contributed by atoms with Crippen molar-refractivity contribution in [1.82, 2.24) is 0 Å².